The summed E-state index contributed by atoms with van der Waals surface area (Å²) in [6, 6.07) is 14.7. The molecule has 0 heterocycles. The molecule has 20 heavy (non-hydrogen) atoms. The SMILES string of the molecule is CCCOc1cc(CNNc2ccccc2)ccc1F. The largest absolute Gasteiger partial charge is 0.491 e. The van der Waals surface area contributed by atoms with Crippen molar-refractivity contribution >= 4 is 5.69 Å². The maximum absolute atomic E-state index is 13.5. The minimum Gasteiger partial charge on any atom is -0.491 e. The fraction of sp³-hybridized carbons (Fsp3) is 0.250. The van der Waals surface area contributed by atoms with E-state index in [9.17, 15) is 4.39 Å². The number of nitrogens with one attached hydrogen (secondary N) is 2. The summed E-state index contributed by atoms with van der Waals surface area (Å²) >= 11 is 0. The van der Waals surface area contributed by atoms with Crippen molar-refractivity contribution in [3.05, 3.63) is 59.9 Å². The van der Waals surface area contributed by atoms with Crippen LogP contribution >= 0.6 is 0 Å². The van der Waals surface area contributed by atoms with E-state index in [2.05, 4.69) is 10.9 Å². The van der Waals surface area contributed by atoms with Crippen LogP contribution in [0.5, 0.6) is 5.75 Å². The van der Waals surface area contributed by atoms with E-state index in [1.165, 1.54) is 6.07 Å². The first-order chi connectivity index (χ1) is 9.79. The monoisotopic (exact) mass is 274 g/mol. The average Bonchev–Trinajstić information content (AvgIpc) is 2.49. The van der Waals surface area contributed by atoms with Crippen molar-refractivity contribution in [1.82, 2.24) is 5.43 Å². The molecule has 2 N–H and O–H groups in total. The molecule has 0 fully saturated rings. The summed E-state index contributed by atoms with van der Waals surface area (Å²) in [5.74, 6) is -0.0101. The average molecular weight is 274 g/mol. The van der Waals surface area contributed by atoms with E-state index >= 15 is 0 Å². The zero-order chi connectivity index (χ0) is 14.2. The van der Waals surface area contributed by atoms with Gasteiger partial charge in [0.15, 0.2) is 11.6 Å². The first-order valence-electron chi connectivity index (χ1n) is 6.74. The normalized spacial score (nSPS) is 10.3. The molecule has 106 valence electrons. The number of rotatable bonds is 7. The molecule has 0 unspecified atom stereocenters. The van der Waals surface area contributed by atoms with Gasteiger partial charge in [-0.15, -0.1) is 0 Å². The number of hydrazine groups is 1. The molecule has 0 amide bonds. The van der Waals surface area contributed by atoms with Gasteiger partial charge in [0, 0.05) is 12.2 Å². The highest BCUT2D eigenvalue weighted by Gasteiger charge is 2.04. The molecule has 0 saturated carbocycles. The molecule has 0 aliphatic carbocycles. The molecule has 0 aromatic heterocycles. The smallest absolute Gasteiger partial charge is 0.165 e. The number of benzene rings is 2. The number of ether oxygens (including phenoxy) is 1. The molecule has 4 heteroatoms. The summed E-state index contributed by atoms with van der Waals surface area (Å²) in [6.45, 7) is 3.10. The van der Waals surface area contributed by atoms with E-state index in [0.29, 0.717) is 18.9 Å². The van der Waals surface area contributed by atoms with Crippen LogP contribution in [0.4, 0.5) is 10.1 Å². The maximum atomic E-state index is 13.5. The lowest BCUT2D eigenvalue weighted by Crippen LogP contribution is -2.20. The van der Waals surface area contributed by atoms with E-state index in [-0.39, 0.29) is 5.82 Å². The Labute approximate surface area is 118 Å². The van der Waals surface area contributed by atoms with Crippen LogP contribution in [-0.2, 0) is 6.54 Å². The third-order valence-electron chi connectivity index (χ3n) is 2.76. The summed E-state index contributed by atoms with van der Waals surface area (Å²) < 4.78 is 18.9. The number of hydrogen-bond acceptors (Lipinski definition) is 3. The minimum absolute atomic E-state index is 0.311. The zero-order valence-electron chi connectivity index (χ0n) is 11.5. The second kappa shape index (κ2) is 7.50. The van der Waals surface area contributed by atoms with Crippen molar-refractivity contribution in [2.45, 2.75) is 19.9 Å². The number of halogens is 1. The predicted octanol–water partition coefficient (Wildman–Crippen LogP) is 3.73. The first-order valence-corrected chi connectivity index (χ1v) is 6.74. The fourth-order valence-electron chi connectivity index (χ4n) is 1.75. The van der Waals surface area contributed by atoms with Crippen molar-refractivity contribution in [3.63, 3.8) is 0 Å². The van der Waals surface area contributed by atoms with Crippen molar-refractivity contribution in [1.29, 1.82) is 0 Å². The van der Waals surface area contributed by atoms with Gasteiger partial charge in [0.2, 0.25) is 0 Å². The van der Waals surface area contributed by atoms with Crippen LogP contribution in [-0.4, -0.2) is 6.61 Å². The highest BCUT2D eigenvalue weighted by Crippen LogP contribution is 2.19. The Bertz CT molecular complexity index is 531. The quantitative estimate of drug-likeness (QED) is 0.755. The van der Waals surface area contributed by atoms with Gasteiger partial charge in [-0.3, -0.25) is 0 Å². The van der Waals surface area contributed by atoms with E-state index in [1.54, 1.807) is 12.1 Å². The van der Waals surface area contributed by atoms with Gasteiger partial charge >= 0.3 is 0 Å². The third-order valence-corrected chi connectivity index (χ3v) is 2.76. The predicted molar refractivity (Wildman–Crippen MR) is 79.1 cm³/mol. The van der Waals surface area contributed by atoms with E-state index in [4.69, 9.17) is 4.74 Å². The van der Waals surface area contributed by atoms with Crippen molar-refractivity contribution < 1.29 is 9.13 Å². The van der Waals surface area contributed by atoms with Crippen LogP contribution < -0.4 is 15.6 Å². The number of para-hydroxylation sites is 1. The van der Waals surface area contributed by atoms with Gasteiger partial charge in [0.1, 0.15) is 0 Å². The molecule has 0 aliphatic heterocycles. The van der Waals surface area contributed by atoms with E-state index < -0.39 is 0 Å². The summed E-state index contributed by atoms with van der Waals surface area (Å²) in [5.41, 5.74) is 8.12. The van der Waals surface area contributed by atoms with Crippen molar-refractivity contribution in [2.24, 2.45) is 0 Å². The van der Waals surface area contributed by atoms with Crippen LogP contribution in [0.2, 0.25) is 0 Å². The maximum Gasteiger partial charge on any atom is 0.165 e. The van der Waals surface area contributed by atoms with Crippen molar-refractivity contribution in [3.8, 4) is 5.75 Å². The van der Waals surface area contributed by atoms with Crippen LogP contribution in [0.15, 0.2) is 48.5 Å². The fourth-order valence-corrected chi connectivity index (χ4v) is 1.75. The highest BCUT2D eigenvalue weighted by molar-refractivity contribution is 5.41. The molecule has 2 aromatic carbocycles. The lowest BCUT2D eigenvalue weighted by molar-refractivity contribution is 0.301. The third kappa shape index (κ3) is 4.24. The Kier molecular flexibility index (Phi) is 5.38. The molecule has 3 nitrogen and oxygen atoms in total. The van der Waals surface area contributed by atoms with Gasteiger partial charge in [-0.05, 0) is 36.2 Å². The molecule has 2 aromatic rings. The molecule has 0 radical (unpaired) electrons. The van der Waals surface area contributed by atoms with Crippen LogP contribution in [0.25, 0.3) is 0 Å². The van der Waals surface area contributed by atoms with Gasteiger partial charge < -0.3 is 10.2 Å². The summed E-state index contributed by atoms with van der Waals surface area (Å²) in [5, 5.41) is 0. The zero-order valence-corrected chi connectivity index (χ0v) is 11.5. The second-order valence-corrected chi connectivity index (χ2v) is 4.46. The van der Waals surface area contributed by atoms with Gasteiger partial charge in [0.05, 0.1) is 6.61 Å². The molecule has 0 bridgehead atoms. The van der Waals surface area contributed by atoms with Crippen LogP contribution in [0.3, 0.4) is 0 Å². The number of anilines is 1. The molecular formula is C16H19FN2O. The first kappa shape index (κ1) is 14.3. The Morgan fingerprint density at radius 1 is 1.10 bits per heavy atom. The van der Waals surface area contributed by atoms with Crippen molar-refractivity contribution in [2.75, 3.05) is 12.0 Å². The molecule has 0 atom stereocenters. The lowest BCUT2D eigenvalue weighted by Gasteiger charge is -2.10. The Morgan fingerprint density at radius 2 is 1.90 bits per heavy atom. The second-order valence-electron chi connectivity index (χ2n) is 4.46. The standard InChI is InChI=1S/C16H19FN2O/c1-2-10-20-16-11-13(8-9-15(16)17)12-18-19-14-6-4-3-5-7-14/h3-9,11,18-19H,2,10,12H2,1H3. The molecule has 0 aliphatic rings. The summed E-state index contributed by atoms with van der Waals surface area (Å²) in [4.78, 5) is 0. The van der Waals surface area contributed by atoms with Gasteiger partial charge in [0.25, 0.3) is 0 Å². The topological polar surface area (TPSA) is 33.3 Å². The van der Waals surface area contributed by atoms with Gasteiger partial charge in [-0.25, -0.2) is 9.82 Å². The summed E-state index contributed by atoms with van der Waals surface area (Å²) in [7, 11) is 0. The lowest BCUT2D eigenvalue weighted by atomic mass is 10.2. The minimum atomic E-state index is -0.321. The molecule has 0 saturated heterocycles. The molecule has 2 rings (SSSR count). The Morgan fingerprint density at radius 3 is 2.65 bits per heavy atom. The molecule has 0 spiro atoms. The summed E-state index contributed by atoms with van der Waals surface area (Å²) in [6.07, 6.45) is 0.859. The number of hydrogen-bond donors (Lipinski definition) is 2. The Hall–Kier alpha value is -2.07. The van der Waals surface area contributed by atoms with Crippen LogP contribution in [0.1, 0.15) is 18.9 Å². The Balaban J connectivity index is 1.89. The van der Waals surface area contributed by atoms with Crippen LogP contribution in [0, 0.1) is 5.82 Å². The van der Waals surface area contributed by atoms with Gasteiger partial charge in [-0.1, -0.05) is 31.2 Å². The van der Waals surface area contributed by atoms with E-state index in [1.807, 2.05) is 37.3 Å². The highest BCUT2D eigenvalue weighted by atomic mass is 19.1. The van der Waals surface area contributed by atoms with E-state index in [0.717, 1.165) is 17.7 Å². The van der Waals surface area contributed by atoms with Gasteiger partial charge in [-0.2, -0.15) is 0 Å². The molecular weight excluding hydrogens is 255 g/mol.